The van der Waals surface area contributed by atoms with Gasteiger partial charge in [-0.15, -0.1) is 0 Å². The van der Waals surface area contributed by atoms with Gasteiger partial charge >= 0.3 is 0 Å². The number of nitrogens with zero attached hydrogens (tertiary/aromatic N) is 1. The molecule has 1 aliphatic heterocycles. The molecule has 0 spiro atoms. The Labute approximate surface area is 229 Å². The lowest BCUT2D eigenvalue weighted by atomic mass is 9.95. The number of rotatable bonds is 8. The number of likely N-dealkylation sites (tertiary alicyclic amines) is 1. The molecule has 0 radical (unpaired) electrons. The van der Waals surface area contributed by atoms with Crippen molar-refractivity contribution in [1.82, 2.24) is 15.5 Å². The Kier molecular flexibility index (Phi) is 8.35. The molecule has 202 valence electrons. The first kappa shape index (κ1) is 26.6. The molecule has 3 amide bonds. The monoisotopic (exact) mass is 525 g/mol. The van der Waals surface area contributed by atoms with E-state index in [1.54, 1.807) is 6.07 Å². The summed E-state index contributed by atoms with van der Waals surface area (Å²) in [6.45, 7) is 0.378. The highest BCUT2D eigenvalue weighted by Crippen LogP contribution is 2.22. The van der Waals surface area contributed by atoms with Crippen LogP contribution in [0.25, 0.3) is 10.8 Å². The molecule has 7 nitrogen and oxygen atoms in total. The van der Waals surface area contributed by atoms with E-state index >= 15 is 0 Å². The average molecular weight is 526 g/mol. The van der Waals surface area contributed by atoms with Gasteiger partial charge in [0.25, 0.3) is 11.8 Å². The Morgan fingerprint density at radius 3 is 2.28 bits per heavy atom. The number of Topliss-reactive ketones (excluding diaryl/α,β-unsaturated/α-hetero) is 1. The third-order valence-electron chi connectivity index (χ3n) is 7.90. The maximum Gasteiger partial charge on any atom is 0.289 e. The van der Waals surface area contributed by atoms with Crippen molar-refractivity contribution in [2.75, 3.05) is 6.54 Å². The van der Waals surface area contributed by atoms with Crippen LogP contribution >= 0.6 is 0 Å². The summed E-state index contributed by atoms with van der Waals surface area (Å²) in [7, 11) is 0. The molecule has 0 aromatic heterocycles. The second-order valence-electron chi connectivity index (χ2n) is 10.6. The van der Waals surface area contributed by atoms with E-state index in [1.807, 2.05) is 66.7 Å². The summed E-state index contributed by atoms with van der Waals surface area (Å²) >= 11 is 0. The SMILES string of the molecule is O=C(NC1CCCCC1)C(=O)C1CCCN1C(=O)[C@H](Cc1ccccc1)NC(=O)c1ccc2ccccc2c1. The van der Waals surface area contributed by atoms with E-state index in [0.29, 0.717) is 24.9 Å². The van der Waals surface area contributed by atoms with Crippen molar-refractivity contribution in [3.63, 3.8) is 0 Å². The molecule has 1 aliphatic carbocycles. The number of fused-ring (bicyclic) bond motifs is 1. The largest absolute Gasteiger partial charge is 0.347 e. The molecule has 0 bridgehead atoms. The van der Waals surface area contributed by atoms with E-state index in [0.717, 1.165) is 48.4 Å². The van der Waals surface area contributed by atoms with Crippen LogP contribution < -0.4 is 10.6 Å². The number of nitrogens with one attached hydrogen (secondary N) is 2. The van der Waals surface area contributed by atoms with Crippen LogP contribution in [0.3, 0.4) is 0 Å². The van der Waals surface area contributed by atoms with Gasteiger partial charge in [0.2, 0.25) is 11.7 Å². The fourth-order valence-corrected chi connectivity index (χ4v) is 5.78. The third kappa shape index (κ3) is 6.36. The molecule has 1 heterocycles. The maximum atomic E-state index is 13.9. The number of amides is 3. The second-order valence-corrected chi connectivity index (χ2v) is 10.6. The molecular weight excluding hydrogens is 490 g/mol. The fourth-order valence-electron chi connectivity index (χ4n) is 5.78. The topological polar surface area (TPSA) is 95.6 Å². The summed E-state index contributed by atoms with van der Waals surface area (Å²) in [5.41, 5.74) is 1.35. The first-order chi connectivity index (χ1) is 19.0. The van der Waals surface area contributed by atoms with Gasteiger partial charge in [0, 0.05) is 24.6 Å². The first-order valence-electron chi connectivity index (χ1n) is 14.0. The normalized spacial score (nSPS) is 18.5. The molecule has 2 fully saturated rings. The first-order valence-corrected chi connectivity index (χ1v) is 14.0. The molecular formula is C32H35N3O4. The molecule has 7 heteroatoms. The molecule has 1 unspecified atom stereocenters. The minimum Gasteiger partial charge on any atom is -0.347 e. The second kappa shape index (κ2) is 12.2. The molecule has 2 aliphatic rings. The van der Waals surface area contributed by atoms with Crippen LogP contribution in [0.2, 0.25) is 0 Å². The Morgan fingerprint density at radius 1 is 0.795 bits per heavy atom. The van der Waals surface area contributed by atoms with E-state index in [9.17, 15) is 19.2 Å². The van der Waals surface area contributed by atoms with Crippen molar-refractivity contribution in [3.05, 3.63) is 83.9 Å². The number of benzene rings is 3. The van der Waals surface area contributed by atoms with Crippen LogP contribution in [0, 0.1) is 0 Å². The average Bonchev–Trinajstić information content (AvgIpc) is 3.47. The number of hydrogen-bond acceptors (Lipinski definition) is 4. The van der Waals surface area contributed by atoms with E-state index in [2.05, 4.69) is 10.6 Å². The van der Waals surface area contributed by atoms with Gasteiger partial charge in [0.15, 0.2) is 0 Å². The van der Waals surface area contributed by atoms with Gasteiger partial charge in [-0.25, -0.2) is 0 Å². The van der Waals surface area contributed by atoms with Crippen molar-refractivity contribution in [2.45, 2.75) is 69.5 Å². The van der Waals surface area contributed by atoms with Gasteiger partial charge in [0.05, 0.1) is 0 Å². The summed E-state index contributed by atoms with van der Waals surface area (Å²) in [6.07, 6.45) is 6.37. The summed E-state index contributed by atoms with van der Waals surface area (Å²) in [4.78, 5) is 54.7. The van der Waals surface area contributed by atoms with E-state index < -0.39 is 23.8 Å². The van der Waals surface area contributed by atoms with Crippen LogP contribution in [0.4, 0.5) is 0 Å². The number of carbonyl (C=O) groups is 4. The van der Waals surface area contributed by atoms with E-state index in [1.165, 1.54) is 4.90 Å². The van der Waals surface area contributed by atoms with Crippen molar-refractivity contribution in [3.8, 4) is 0 Å². The smallest absolute Gasteiger partial charge is 0.289 e. The summed E-state index contributed by atoms with van der Waals surface area (Å²) in [6, 6.07) is 21.1. The van der Waals surface area contributed by atoms with Gasteiger partial charge in [-0.2, -0.15) is 0 Å². The standard InChI is InChI=1S/C32H35N3O4/c36-29(31(38)33-26-14-5-2-6-15-26)28-16-9-19-35(28)32(39)27(20-22-10-3-1-4-11-22)34-30(37)25-18-17-23-12-7-8-13-24(23)21-25/h1,3-4,7-8,10-13,17-18,21,26-28H,2,5-6,9,14-16,19-20H2,(H,33,38)(H,34,37)/t27-,28?/m0/s1. The maximum absolute atomic E-state index is 13.9. The minimum absolute atomic E-state index is 0.0211. The molecule has 2 atom stereocenters. The molecule has 2 N–H and O–H groups in total. The van der Waals surface area contributed by atoms with Crippen LogP contribution in [0.1, 0.15) is 60.9 Å². The lowest BCUT2D eigenvalue weighted by molar-refractivity contribution is -0.145. The van der Waals surface area contributed by atoms with E-state index in [-0.39, 0.29) is 24.3 Å². The number of carbonyl (C=O) groups excluding carboxylic acids is 4. The van der Waals surface area contributed by atoms with Crippen molar-refractivity contribution >= 4 is 34.3 Å². The zero-order valence-electron chi connectivity index (χ0n) is 22.1. The Bertz CT molecular complexity index is 1350. The highest BCUT2D eigenvalue weighted by atomic mass is 16.2. The van der Waals surface area contributed by atoms with Gasteiger partial charge in [0.1, 0.15) is 12.1 Å². The lowest BCUT2D eigenvalue weighted by Gasteiger charge is -2.29. The summed E-state index contributed by atoms with van der Waals surface area (Å²) in [5, 5.41) is 7.79. The Balaban J connectivity index is 1.33. The Hall–Kier alpha value is -4.00. The molecule has 1 saturated carbocycles. The number of ketones is 1. The lowest BCUT2D eigenvalue weighted by Crippen LogP contribution is -2.55. The van der Waals surface area contributed by atoms with Crippen molar-refractivity contribution < 1.29 is 19.2 Å². The fraction of sp³-hybridized carbons (Fsp3) is 0.375. The number of hydrogen-bond donors (Lipinski definition) is 2. The predicted molar refractivity (Wildman–Crippen MR) is 150 cm³/mol. The third-order valence-corrected chi connectivity index (χ3v) is 7.90. The minimum atomic E-state index is -0.874. The van der Waals surface area contributed by atoms with Gasteiger partial charge in [-0.3, -0.25) is 19.2 Å². The van der Waals surface area contributed by atoms with Crippen LogP contribution in [0.5, 0.6) is 0 Å². The molecule has 39 heavy (non-hydrogen) atoms. The molecule has 1 saturated heterocycles. The van der Waals surface area contributed by atoms with Crippen LogP contribution in [-0.2, 0) is 20.8 Å². The van der Waals surface area contributed by atoms with Crippen molar-refractivity contribution in [2.24, 2.45) is 0 Å². The molecule has 5 rings (SSSR count). The van der Waals surface area contributed by atoms with Crippen molar-refractivity contribution in [1.29, 1.82) is 0 Å². The highest BCUT2D eigenvalue weighted by molar-refractivity contribution is 6.38. The van der Waals surface area contributed by atoms with Gasteiger partial charge < -0.3 is 15.5 Å². The summed E-state index contributed by atoms with van der Waals surface area (Å²) < 4.78 is 0. The van der Waals surface area contributed by atoms with Crippen LogP contribution in [0.15, 0.2) is 72.8 Å². The highest BCUT2D eigenvalue weighted by Gasteiger charge is 2.40. The zero-order chi connectivity index (χ0) is 27.2. The van der Waals surface area contributed by atoms with E-state index in [4.69, 9.17) is 0 Å². The van der Waals surface area contributed by atoms with Crippen LogP contribution in [-0.4, -0.2) is 53.1 Å². The molecule has 3 aromatic rings. The zero-order valence-corrected chi connectivity index (χ0v) is 22.1. The van der Waals surface area contributed by atoms with Gasteiger partial charge in [-0.1, -0.05) is 79.9 Å². The Morgan fingerprint density at radius 2 is 1.51 bits per heavy atom. The predicted octanol–water partition coefficient (Wildman–Crippen LogP) is 4.19. The quantitative estimate of drug-likeness (QED) is 0.431. The molecule has 3 aromatic carbocycles. The van der Waals surface area contributed by atoms with Gasteiger partial charge in [-0.05, 0) is 54.2 Å². The summed E-state index contributed by atoms with van der Waals surface area (Å²) in [5.74, 6) is -1.86.